The molecule has 0 amide bonds. The molecule has 9 heteroatoms. The first kappa shape index (κ1) is 22.5. The highest BCUT2D eigenvalue weighted by molar-refractivity contribution is 5.69. The van der Waals surface area contributed by atoms with Gasteiger partial charge in [0.25, 0.3) is 0 Å². The monoisotopic (exact) mass is 477 g/mol. The molecule has 1 aromatic carbocycles. The molecule has 4 fully saturated rings. The van der Waals surface area contributed by atoms with Gasteiger partial charge in [-0.25, -0.2) is 9.37 Å². The number of hydrogen-bond donors (Lipinski definition) is 2. The van der Waals surface area contributed by atoms with Crippen LogP contribution in [0.4, 0.5) is 27.5 Å². The summed E-state index contributed by atoms with van der Waals surface area (Å²) in [5, 5.41) is 16.2. The number of nitrogens with zero attached hydrogens (tertiary/aromatic N) is 5. The number of aromatic nitrogens is 2. The van der Waals surface area contributed by atoms with Crippen molar-refractivity contribution in [3.05, 3.63) is 35.8 Å². The molecule has 4 saturated heterocycles. The summed E-state index contributed by atoms with van der Waals surface area (Å²) in [5.74, 6) is 0.0695. The van der Waals surface area contributed by atoms with Crippen LogP contribution in [-0.4, -0.2) is 65.3 Å². The zero-order chi connectivity index (χ0) is 24.2. The van der Waals surface area contributed by atoms with E-state index in [0.717, 1.165) is 51.4 Å². The molecule has 184 valence electrons. The standard InChI is InChI=1S/C26H32FN7O/c1-25(2)10-19(9-20-4-3-7-34(20)25)30-23-21(27)12-29-24(32-23)31-18-5-6-22(17(8-18)11-28)33-13-26(14-33)15-35-16-26/h5-6,8,12,19-20H,3-4,7,9-10,13-16H2,1-2H3,(H2,29,30,31,32)/t19-,20+/m1/s1. The second kappa shape index (κ2) is 8.32. The molecule has 1 spiro atoms. The second-order valence-electron chi connectivity index (χ2n) is 11.3. The van der Waals surface area contributed by atoms with Crippen molar-refractivity contribution >= 4 is 23.1 Å². The van der Waals surface area contributed by atoms with Crippen LogP contribution in [0.2, 0.25) is 0 Å². The van der Waals surface area contributed by atoms with E-state index in [1.165, 1.54) is 19.0 Å². The van der Waals surface area contributed by atoms with Gasteiger partial charge in [-0.15, -0.1) is 0 Å². The van der Waals surface area contributed by atoms with Gasteiger partial charge >= 0.3 is 0 Å². The van der Waals surface area contributed by atoms with Crippen LogP contribution in [0.5, 0.6) is 0 Å². The van der Waals surface area contributed by atoms with E-state index in [2.05, 4.69) is 50.3 Å². The molecule has 0 radical (unpaired) electrons. The minimum Gasteiger partial charge on any atom is -0.380 e. The van der Waals surface area contributed by atoms with Crippen LogP contribution in [-0.2, 0) is 4.74 Å². The molecule has 2 atom stereocenters. The van der Waals surface area contributed by atoms with E-state index in [4.69, 9.17) is 4.74 Å². The SMILES string of the molecule is CC1(C)C[C@H](Nc2nc(Nc3ccc(N4CC5(COC5)C4)c(C#N)c3)ncc2F)C[C@@H]2CCCN21. The number of ether oxygens (including phenoxy) is 1. The van der Waals surface area contributed by atoms with E-state index in [1.54, 1.807) is 6.07 Å². The van der Waals surface area contributed by atoms with Gasteiger partial charge in [-0.3, -0.25) is 4.90 Å². The third-order valence-corrected chi connectivity index (χ3v) is 8.13. The molecule has 0 aliphatic carbocycles. The summed E-state index contributed by atoms with van der Waals surface area (Å²) in [6.07, 6.45) is 5.56. The normalized spacial score (nSPS) is 26.4. The highest BCUT2D eigenvalue weighted by atomic mass is 19.1. The van der Waals surface area contributed by atoms with Crippen molar-refractivity contribution in [3.8, 4) is 6.07 Å². The first-order valence-electron chi connectivity index (χ1n) is 12.5. The number of nitriles is 1. The predicted molar refractivity (Wildman–Crippen MR) is 132 cm³/mol. The van der Waals surface area contributed by atoms with Crippen molar-refractivity contribution in [2.24, 2.45) is 5.41 Å². The zero-order valence-corrected chi connectivity index (χ0v) is 20.4. The number of hydrogen-bond acceptors (Lipinski definition) is 8. The summed E-state index contributed by atoms with van der Waals surface area (Å²) in [5.41, 5.74) is 2.58. The van der Waals surface area contributed by atoms with Gasteiger partial charge in [0.2, 0.25) is 5.95 Å². The smallest absolute Gasteiger partial charge is 0.229 e. The van der Waals surface area contributed by atoms with Crippen molar-refractivity contribution in [2.75, 3.05) is 48.4 Å². The van der Waals surface area contributed by atoms with Gasteiger partial charge in [0.15, 0.2) is 11.6 Å². The molecule has 0 unspecified atom stereocenters. The highest BCUT2D eigenvalue weighted by Crippen LogP contribution is 2.42. The predicted octanol–water partition coefficient (Wildman–Crippen LogP) is 3.88. The fraction of sp³-hybridized carbons (Fsp3) is 0.577. The molecular formula is C26H32FN7O. The molecule has 0 saturated carbocycles. The Bertz CT molecular complexity index is 1170. The molecule has 35 heavy (non-hydrogen) atoms. The average Bonchev–Trinajstić information content (AvgIpc) is 3.24. The van der Waals surface area contributed by atoms with Crippen LogP contribution in [0, 0.1) is 22.6 Å². The summed E-state index contributed by atoms with van der Waals surface area (Å²) >= 11 is 0. The van der Waals surface area contributed by atoms with E-state index in [9.17, 15) is 9.65 Å². The quantitative estimate of drug-likeness (QED) is 0.671. The highest BCUT2D eigenvalue weighted by Gasteiger charge is 2.49. The lowest BCUT2D eigenvalue weighted by atomic mass is 9.77. The number of fused-ring (bicyclic) bond motifs is 1. The molecule has 0 bridgehead atoms. The Morgan fingerprint density at radius 2 is 2.09 bits per heavy atom. The van der Waals surface area contributed by atoms with Crippen molar-refractivity contribution in [1.29, 1.82) is 5.26 Å². The Morgan fingerprint density at radius 1 is 1.26 bits per heavy atom. The Labute approximate surface area is 205 Å². The third-order valence-electron chi connectivity index (χ3n) is 8.13. The Kier molecular flexibility index (Phi) is 5.35. The van der Waals surface area contributed by atoms with Crippen molar-refractivity contribution in [1.82, 2.24) is 14.9 Å². The Hall–Kier alpha value is -2.96. The van der Waals surface area contributed by atoms with E-state index in [1.807, 2.05) is 12.1 Å². The lowest BCUT2D eigenvalue weighted by molar-refractivity contribution is -0.127. The average molecular weight is 478 g/mol. The van der Waals surface area contributed by atoms with Crippen LogP contribution in [0.15, 0.2) is 24.4 Å². The van der Waals surface area contributed by atoms with Gasteiger partial charge < -0.3 is 20.3 Å². The van der Waals surface area contributed by atoms with E-state index < -0.39 is 5.82 Å². The second-order valence-corrected chi connectivity index (χ2v) is 11.3. The molecule has 6 rings (SSSR count). The summed E-state index contributed by atoms with van der Waals surface area (Å²) in [6.45, 7) is 9.15. The van der Waals surface area contributed by atoms with E-state index in [0.29, 0.717) is 23.2 Å². The molecule has 1 aromatic heterocycles. The zero-order valence-electron chi connectivity index (χ0n) is 20.4. The molecule has 8 nitrogen and oxygen atoms in total. The van der Waals surface area contributed by atoms with Gasteiger partial charge in [0.1, 0.15) is 6.07 Å². The minimum absolute atomic E-state index is 0.0822. The Balaban J connectivity index is 1.15. The van der Waals surface area contributed by atoms with Gasteiger partial charge in [0.05, 0.1) is 36.1 Å². The molecule has 2 aromatic rings. The molecule has 5 heterocycles. The summed E-state index contributed by atoms with van der Waals surface area (Å²) < 4.78 is 20.0. The number of piperidine rings is 1. The summed E-state index contributed by atoms with van der Waals surface area (Å²) in [4.78, 5) is 13.4. The lowest BCUT2D eigenvalue weighted by Crippen LogP contribution is -2.66. The van der Waals surface area contributed by atoms with E-state index >= 15 is 0 Å². The van der Waals surface area contributed by atoms with Crippen LogP contribution in [0.1, 0.15) is 45.1 Å². The number of benzene rings is 1. The van der Waals surface area contributed by atoms with Crippen LogP contribution < -0.4 is 15.5 Å². The molecular weight excluding hydrogens is 445 g/mol. The van der Waals surface area contributed by atoms with Gasteiger partial charge in [0, 0.05) is 36.4 Å². The molecule has 4 aliphatic heterocycles. The van der Waals surface area contributed by atoms with Crippen molar-refractivity contribution < 1.29 is 9.13 Å². The molecule has 2 N–H and O–H groups in total. The number of halogens is 1. The number of nitrogens with one attached hydrogen (secondary N) is 2. The summed E-state index contributed by atoms with van der Waals surface area (Å²) in [6, 6.07) is 8.67. The maximum Gasteiger partial charge on any atom is 0.229 e. The van der Waals surface area contributed by atoms with Crippen LogP contribution >= 0.6 is 0 Å². The largest absolute Gasteiger partial charge is 0.380 e. The maximum absolute atomic E-state index is 14.6. The third kappa shape index (κ3) is 4.09. The fourth-order valence-electron chi connectivity index (χ4n) is 6.46. The maximum atomic E-state index is 14.6. The van der Waals surface area contributed by atoms with Gasteiger partial charge in [-0.2, -0.15) is 10.2 Å². The first-order valence-corrected chi connectivity index (χ1v) is 12.5. The molecule has 4 aliphatic rings. The number of rotatable bonds is 5. The van der Waals surface area contributed by atoms with Crippen LogP contribution in [0.3, 0.4) is 0 Å². The lowest BCUT2D eigenvalue weighted by Gasteiger charge is -2.56. The van der Waals surface area contributed by atoms with Crippen molar-refractivity contribution in [2.45, 2.75) is 57.2 Å². The minimum atomic E-state index is -0.457. The fourth-order valence-corrected chi connectivity index (χ4v) is 6.46. The van der Waals surface area contributed by atoms with Gasteiger partial charge in [-0.05, 0) is 64.3 Å². The van der Waals surface area contributed by atoms with Crippen molar-refractivity contribution in [3.63, 3.8) is 0 Å². The topological polar surface area (TPSA) is 89.3 Å². The first-order chi connectivity index (χ1) is 16.8. The van der Waals surface area contributed by atoms with Gasteiger partial charge in [-0.1, -0.05) is 0 Å². The number of anilines is 4. The summed E-state index contributed by atoms with van der Waals surface area (Å²) in [7, 11) is 0. The van der Waals surface area contributed by atoms with E-state index in [-0.39, 0.29) is 22.8 Å². The Morgan fingerprint density at radius 3 is 2.83 bits per heavy atom. The van der Waals surface area contributed by atoms with Crippen LogP contribution in [0.25, 0.3) is 0 Å².